The van der Waals surface area contributed by atoms with E-state index in [0.29, 0.717) is 10.7 Å². The minimum absolute atomic E-state index is 0.326. The van der Waals surface area contributed by atoms with E-state index in [1.54, 1.807) is 0 Å². The van der Waals surface area contributed by atoms with Crippen LogP contribution in [0.2, 0.25) is 0 Å². The number of aryl methyl sites for hydroxylation is 1. The van der Waals surface area contributed by atoms with Crippen LogP contribution in [0.1, 0.15) is 5.69 Å². The number of hydrogen-bond donors (Lipinski definition) is 1. The van der Waals surface area contributed by atoms with Crippen molar-refractivity contribution in [1.29, 1.82) is 0 Å². The zero-order valence-corrected chi connectivity index (χ0v) is 9.02. The first kappa shape index (κ1) is 12.8. The van der Waals surface area contributed by atoms with Gasteiger partial charge in [0.05, 0.1) is 12.3 Å². The molecule has 0 aliphatic carbocycles. The van der Waals surface area contributed by atoms with Crippen molar-refractivity contribution in [2.75, 3.05) is 12.0 Å². The predicted octanol–water partition coefficient (Wildman–Crippen LogP) is 0.240. The molecule has 0 bridgehead atoms. The van der Waals surface area contributed by atoms with Gasteiger partial charge < -0.3 is 0 Å². The van der Waals surface area contributed by atoms with E-state index in [0.717, 1.165) is 6.26 Å². The van der Waals surface area contributed by atoms with E-state index < -0.39 is 33.0 Å². The first-order chi connectivity index (χ1) is 7.09. The Hall–Kier alpha value is -1.25. The van der Waals surface area contributed by atoms with Crippen LogP contribution in [0, 0.1) is 0 Å². The zero-order valence-electron chi connectivity index (χ0n) is 8.21. The number of H-pyrrole nitrogens is 1. The number of sulfone groups is 1. The molecule has 1 aromatic rings. The summed E-state index contributed by atoms with van der Waals surface area (Å²) in [7, 11) is -3.33. The minimum Gasteiger partial charge on any atom is -0.291 e. The average molecular weight is 258 g/mol. The van der Waals surface area contributed by atoms with Crippen molar-refractivity contribution in [3.63, 3.8) is 0 Å². The fourth-order valence-electron chi connectivity index (χ4n) is 1.00. The van der Waals surface area contributed by atoms with Crippen molar-refractivity contribution in [3.8, 4) is 0 Å². The summed E-state index contributed by atoms with van der Waals surface area (Å²) >= 11 is 0. The molecule has 0 aliphatic heterocycles. The summed E-state index contributed by atoms with van der Waals surface area (Å²) in [5.41, 5.74) is -2.10. The van der Waals surface area contributed by atoms with E-state index in [4.69, 9.17) is 0 Å². The highest BCUT2D eigenvalue weighted by molar-refractivity contribution is 7.90. The maximum atomic E-state index is 12.2. The molecule has 9 heteroatoms. The number of rotatable bonds is 3. The van der Waals surface area contributed by atoms with Crippen LogP contribution < -0.4 is 5.56 Å². The Bertz CT molecular complexity index is 526. The van der Waals surface area contributed by atoms with Crippen molar-refractivity contribution in [3.05, 3.63) is 22.1 Å². The van der Waals surface area contributed by atoms with Crippen LogP contribution in [-0.2, 0) is 22.6 Å². The highest BCUT2D eigenvalue weighted by Gasteiger charge is 2.33. The van der Waals surface area contributed by atoms with E-state index in [-0.39, 0.29) is 6.54 Å². The van der Waals surface area contributed by atoms with Gasteiger partial charge in [-0.2, -0.15) is 13.2 Å². The van der Waals surface area contributed by atoms with Crippen LogP contribution in [0.5, 0.6) is 0 Å². The Morgan fingerprint density at radius 3 is 2.38 bits per heavy atom. The molecule has 0 saturated heterocycles. The number of nitrogens with zero attached hydrogens (tertiary/aromatic N) is 1. The molecule has 1 aromatic heterocycles. The topological polar surface area (TPSA) is 71.9 Å². The Kier molecular flexibility index (Phi) is 3.17. The van der Waals surface area contributed by atoms with Gasteiger partial charge in [-0.3, -0.25) is 14.6 Å². The lowest BCUT2D eigenvalue weighted by Gasteiger charge is -2.03. The summed E-state index contributed by atoms with van der Waals surface area (Å²) in [5, 5.41) is 1.81. The summed E-state index contributed by atoms with van der Waals surface area (Å²) in [6.45, 7) is -0.326. The predicted molar refractivity (Wildman–Crippen MR) is 49.8 cm³/mol. The van der Waals surface area contributed by atoms with Crippen LogP contribution >= 0.6 is 0 Å². The third-order valence-electron chi connectivity index (χ3n) is 1.78. The van der Waals surface area contributed by atoms with E-state index in [1.807, 2.05) is 5.10 Å². The quantitative estimate of drug-likeness (QED) is 0.844. The minimum atomic E-state index is -4.64. The van der Waals surface area contributed by atoms with E-state index in [2.05, 4.69) is 0 Å². The van der Waals surface area contributed by atoms with Gasteiger partial charge in [-0.05, 0) is 0 Å². The number of alkyl halides is 3. The molecular formula is C7H9F3N2O3S. The van der Waals surface area contributed by atoms with Crippen molar-refractivity contribution in [2.24, 2.45) is 0 Å². The first-order valence-electron chi connectivity index (χ1n) is 4.14. The van der Waals surface area contributed by atoms with Crippen molar-refractivity contribution in [2.45, 2.75) is 12.7 Å². The normalized spacial score (nSPS) is 13.0. The largest absolute Gasteiger partial charge is 0.432 e. The van der Waals surface area contributed by atoms with Gasteiger partial charge in [0.1, 0.15) is 15.5 Å². The van der Waals surface area contributed by atoms with Gasteiger partial charge in [0.15, 0.2) is 0 Å². The lowest BCUT2D eigenvalue weighted by atomic mass is 10.4. The average Bonchev–Trinajstić information content (AvgIpc) is 2.41. The molecule has 0 aliphatic rings. The third kappa shape index (κ3) is 3.40. The maximum absolute atomic E-state index is 12.2. The smallest absolute Gasteiger partial charge is 0.291 e. The second kappa shape index (κ2) is 3.96. The SMILES string of the molecule is CS(=O)(=O)CCn1[nH]c(C(F)(F)F)cc1=O. The summed E-state index contributed by atoms with van der Waals surface area (Å²) in [6.07, 6.45) is -3.71. The molecule has 0 saturated carbocycles. The molecule has 0 amide bonds. The molecule has 16 heavy (non-hydrogen) atoms. The molecule has 0 aromatic carbocycles. The number of nitrogens with one attached hydrogen (secondary N) is 1. The van der Waals surface area contributed by atoms with E-state index >= 15 is 0 Å². The second-order valence-corrected chi connectivity index (χ2v) is 5.55. The Labute approximate surface area is 88.8 Å². The van der Waals surface area contributed by atoms with Gasteiger partial charge in [-0.25, -0.2) is 8.42 Å². The molecule has 0 spiro atoms. The highest BCUT2D eigenvalue weighted by Crippen LogP contribution is 2.26. The van der Waals surface area contributed by atoms with Gasteiger partial charge in [0.2, 0.25) is 0 Å². The van der Waals surface area contributed by atoms with Crippen LogP contribution in [-0.4, -0.2) is 30.2 Å². The number of aromatic nitrogens is 2. The van der Waals surface area contributed by atoms with Crippen LogP contribution in [0.25, 0.3) is 0 Å². The van der Waals surface area contributed by atoms with E-state index in [1.165, 1.54) is 0 Å². The summed E-state index contributed by atoms with van der Waals surface area (Å²) in [5.74, 6) is -0.398. The molecule has 5 nitrogen and oxygen atoms in total. The second-order valence-electron chi connectivity index (χ2n) is 3.29. The number of halogens is 3. The van der Waals surface area contributed by atoms with Crippen LogP contribution in [0.3, 0.4) is 0 Å². The fraction of sp³-hybridized carbons (Fsp3) is 0.571. The molecular weight excluding hydrogens is 249 g/mol. The molecule has 1 N–H and O–H groups in total. The van der Waals surface area contributed by atoms with Gasteiger partial charge >= 0.3 is 6.18 Å². The van der Waals surface area contributed by atoms with Gasteiger partial charge in [-0.15, -0.1) is 0 Å². The summed E-state index contributed by atoms with van der Waals surface area (Å²) < 4.78 is 58.6. The lowest BCUT2D eigenvalue weighted by molar-refractivity contribution is -0.141. The third-order valence-corrected chi connectivity index (χ3v) is 2.70. The van der Waals surface area contributed by atoms with Crippen molar-refractivity contribution >= 4 is 9.84 Å². The standard InChI is InChI=1S/C7H9F3N2O3S/c1-16(14,15)3-2-12-6(13)4-5(11-12)7(8,9)10/h4,11H,2-3H2,1H3. The molecule has 1 rings (SSSR count). The number of hydrogen-bond acceptors (Lipinski definition) is 3. The molecule has 1 heterocycles. The van der Waals surface area contributed by atoms with Crippen LogP contribution in [0.4, 0.5) is 13.2 Å². The summed E-state index contributed by atoms with van der Waals surface area (Å²) in [4.78, 5) is 11.0. The van der Waals surface area contributed by atoms with Gasteiger partial charge in [0, 0.05) is 12.3 Å². The van der Waals surface area contributed by atoms with Gasteiger partial charge in [0.25, 0.3) is 5.56 Å². The first-order valence-corrected chi connectivity index (χ1v) is 6.20. The Morgan fingerprint density at radius 1 is 1.44 bits per heavy atom. The lowest BCUT2D eigenvalue weighted by Crippen LogP contribution is -2.21. The molecule has 0 atom stereocenters. The van der Waals surface area contributed by atoms with Gasteiger partial charge in [-0.1, -0.05) is 0 Å². The Balaban J connectivity index is 2.92. The number of aromatic amines is 1. The maximum Gasteiger partial charge on any atom is 0.432 e. The molecule has 0 radical (unpaired) electrons. The zero-order chi connectivity index (χ0) is 12.6. The molecule has 92 valence electrons. The van der Waals surface area contributed by atoms with Crippen molar-refractivity contribution < 1.29 is 21.6 Å². The summed E-state index contributed by atoms with van der Waals surface area (Å²) in [6, 6.07) is 0.391. The monoisotopic (exact) mass is 258 g/mol. The molecule has 0 unspecified atom stereocenters. The van der Waals surface area contributed by atoms with E-state index in [9.17, 15) is 26.4 Å². The van der Waals surface area contributed by atoms with Crippen LogP contribution in [0.15, 0.2) is 10.9 Å². The highest BCUT2D eigenvalue weighted by atomic mass is 32.2. The Morgan fingerprint density at radius 2 is 2.00 bits per heavy atom. The fourth-order valence-corrected chi connectivity index (χ4v) is 1.52. The molecule has 0 fully saturated rings. The van der Waals surface area contributed by atoms with Crippen molar-refractivity contribution in [1.82, 2.24) is 9.78 Å².